The molecule has 0 atom stereocenters. The molecule has 0 spiro atoms. The summed E-state index contributed by atoms with van der Waals surface area (Å²) in [5.41, 5.74) is 2.36. The van der Waals surface area contributed by atoms with Gasteiger partial charge in [-0.1, -0.05) is 43.7 Å². The summed E-state index contributed by atoms with van der Waals surface area (Å²) in [5, 5.41) is 8.82. The van der Waals surface area contributed by atoms with E-state index in [1.54, 1.807) is 0 Å². The van der Waals surface area contributed by atoms with Gasteiger partial charge >= 0.3 is 5.97 Å². The zero-order valence-electron chi connectivity index (χ0n) is 10.3. The maximum Gasteiger partial charge on any atom is 0.304 e. The fourth-order valence-electron chi connectivity index (χ4n) is 1.98. The first-order valence-corrected chi connectivity index (χ1v) is 5.91. The average molecular weight is 220 g/mol. The molecule has 1 aliphatic rings. The van der Waals surface area contributed by atoms with Crippen LogP contribution in [0.5, 0.6) is 0 Å². The van der Waals surface area contributed by atoms with Gasteiger partial charge < -0.3 is 5.11 Å². The number of carboxylic acids is 1. The molecule has 0 aromatic heterocycles. The minimum absolute atomic E-state index is 0.0438. The van der Waals surface area contributed by atoms with Crippen molar-refractivity contribution in [3.8, 4) is 0 Å². The van der Waals surface area contributed by atoms with Crippen LogP contribution in [0.25, 0.3) is 0 Å². The van der Waals surface area contributed by atoms with Crippen LogP contribution in [0.1, 0.15) is 44.2 Å². The molecular formula is C14H20O2. The molecule has 0 amide bonds. The van der Waals surface area contributed by atoms with E-state index in [4.69, 9.17) is 5.11 Å². The summed E-state index contributed by atoms with van der Waals surface area (Å²) in [6.07, 6.45) is 2.31. The Labute approximate surface area is 97.3 Å². The van der Waals surface area contributed by atoms with Crippen LogP contribution >= 0.6 is 0 Å². The third-order valence-corrected chi connectivity index (χ3v) is 2.97. The van der Waals surface area contributed by atoms with Crippen molar-refractivity contribution in [3.05, 3.63) is 35.4 Å². The Balaban J connectivity index is 0.000000606. The Bertz CT molecular complexity index is 365. The van der Waals surface area contributed by atoms with Gasteiger partial charge in [-0.3, -0.25) is 4.79 Å². The topological polar surface area (TPSA) is 37.3 Å². The van der Waals surface area contributed by atoms with Crippen LogP contribution in [0.15, 0.2) is 24.3 Å². The second-order valence-electron chi connectivity index (χ2n) is 4.22. The van der Waals surface area contributed by atoms with E-state index >= 15 is 0 Å². The molecule has 2 heteroatoms. The molecule has 0 unspecified atom stereocenters. The fraction of sp³-hybridized carbons (Fsp3) is 0.500. The Morgan fingerprint density at radius 2 is 2.00 bits per heavy atom. The normalized spacial score (nSPS) is 15.9. The number of carbonyl (C=O) groups is 1. The van der Waals surface area contributed by atoms with Crippen molar-refractivity contribution in [2.24, 2.45) is 0 Å². The van der Waals surface area contributed by atoms with Crippen LogP contribution in [0.4, 0.5) is 0 Å². The maximum absolute atomic E-state index is 10.7. The Morgan fingerprint density at radius 3 is 2.44 bits per heavy atom. The maximum atomic E-state index is 10.7. The monoisotopic (exact) mass is 220 g/mol. The van der Waals surface area contributed by atoms with Gasteiger partial charge in [-0.15, -0.1) is 0 Å². The van der Waals surface area contributed by atoms with Crippen molar-refractivity contribution in [2.45, 2.75) is 45.4 Å². The highest BCUT2D eigenvalue weighted by Gasteiger charge is 2.45. The van der Waals surface area contributed by atoms with Gasteiger partial charge in [-0.05, 0) is 25.3 Å². The quantitative estimate of drug-likeness (QED) is 0.846. The van der Waals surface area contributed by atoms with E-state index in [1.807, 2.05) is 39.0 Å². The van der Waals surface area contributed by atoms with Gasteiger partial charge in [0, 0.05) is 5.41 Å². The number of hydrogen-bond acceptors (Lipinski definition) is 1. The third-order valence-electron chi connectivity index (χ3n) is 2.97. The second kappa shape index (κ2) is 5.15. The number of aryl methyl sites for hydroxylation is 1. The summed E-state index contributed by atoms with van der Waals surface area (Å²) in [6.45, 7) is 6.04. The Kier molecular flexibility index (Phi) is 4.11. The fourth-order valence-corrected chi connectivity index (χ4v) is 1.98. The highest BCUT2D eigenvalue weighted by Crippen LogP contribution is 2.51. The highest BCUT2D eigenvalue weighted by atomic mass is 16.4. The molecule has 1 N–H and O–H groups in total. The predicted octanol–water partition coefficient (Wildman–Crippen LogP) is 3.53. The van der Waals surface area contributed by atoms with Gasteiger partial charge in [0.2, 0.25) is 0 Å². The lowest BCUT2D eigenvalue weighted by atomic mass is 9.91. The number of benzene rings is 1. The summed E-state index contributed by atoms with van der Waals surface area (Å²) in [6, 6.07) is 8.20. The first-order valence-electron chi connectivity index (χ1n) is 5.91. The summed E-state index contributed by atoms with van der Waals surface area (Å²) < 4.78 is 0. The third kappa shape index (κ3) is 2.84. The minimum Gasteiger partial charge on any atom is -0.481 e. The van der Waals surface area contributed by atoms with Gasteiger partial charge in [-0.2, -0.15) is 0 Å². The van der Waals surface area contributed by atoms with Crippen molar-refractivity contribution in [1.29, 1.82) is 0 Å². The summed E-state index contributed by atoms with van der Waals surface area (Å²) in [5.74, 6) is -0.691. The van der Waals surface area contributed by atoms with Crippen molar-refractivity contribution in [3.63, 3.8) is 0 Å². The van der Waals surface area contributed by atoms with E-state index < -0.39 is 5.97 Å². The zero-order valence-corrected chi connectivity index (χ0v) is 10.3. The Morgan fingerprint density at radius 1 is 1.38 bits per heavy atom. The van der Waals surface area contributed by atoms with E-state index in [-0.39, 0.29) is 11.8 Å². The molecule has 0 bridgehead atoms. The van der Waals surface area contributed by atoms with E-state index in [0.29, 0.717) is 0 Å². The zero-order chi connectivity index (χ0) is 12.2. The molecule has 1 aromatic rings. The predicted molar refractivity (Wildman–Crippen MR) is 65.7 cm³/mol. The van der Waals surface area contributed by atoms with Crippen LogP contribution in [-0.2, 0) is 10.2 Å². The number of carboxylic acid groups (broad SMARTS) is 1. The van der Waals surface area contributed by atoms with Crippen LogP contribution in [-0.4, -0.2) is 11.1 Å². The van der Waals surface area contributed by atoms with Gasteiger partial charge in [0.1, 0.15) is 0 Å². The van der Waals surface area contributed by atoms with Crippen LogP contribution in [0.3, 0.4) is 0 Å². The molecular weight excluding hydrogens is 200 g/mol. The number of aliphatic carboxylic acids is 1. The molecule has 1 saturated carbocycles. The van der Waals surface area contributed by atoms with Crippen molar-refractivity contribution in [1.82, 2.24) is 0 Å². The molecule has 1 aliphatic carbocycles. The lowest BCUT2D eigenvalue weighted by Gasteiger charge is -2.13. The SMILES string of the molecule is CC.Cc1cccc(C2(CC(=O)O)CC2)c1. The van der Waals surface area contributed by atoms with Gasteiger partial charge in [0.25, 0.3) is 0 Å². The minimum atomic E-state index is -0.691. The standard InChI is InChI=1S/C12H14O2.C2H6/c1-9-3-2-4-10(7-9)12(5-6-12)8-11(13)14;1-2/h2-4,7H,5-6,8H2,1H3,(H,13,14);1-2H3. The molecule has 2 nitrogen and oxygen atoms in total. The number of hydrogen-bond donors (Lipinski definition) is 1. The first-order chi connectivity index (χ1) is 7.62. The van der Waals surface area contributed by atoms with Crippen molar-refractivity contribution < 1.29 is 9.90 Å². The van der Waals surface area contributed by atoms with Crippen LogP contribution in [0.2, 0.25) is 0 Å². The molecule has 88 valence electrons. The van der Waals surface area contributed by atoms with E-state index in [0.717, 1.165) is 12.8 Å². The smallest absolute Gasteiger partial charge is 0.304 e. The van der Waals surface area contributed by atoms with E-state index in [2.05, 4.69) is 6.07 Å². The summed E-state index contributed by atoms with van der Waals surface area (Å²) in [4.78, 5) is 10.7. The largest absolute Gasteiger partial charge is 0.481 e. The summed E-state index contributed by atoms with van der Waals surface area (Å²) >= 11 is 0. The molecule has 0 radical (unpaired) electrons. The molecule has 0 heterocycles. The lowest BCUT2D eigenvalue weighted by Crippen LogP contribution is -2.12. The molecule has 0 aliphatic heterocycles. The second-order valence-corrected chi connectivity index (χ2v) is 4.22. The molecule has 0 saturated heterocycles. The lowest BCUT2D eigenvalue weighted by molar-refractivity contribution is -0.137. The van der Waals surface area contributed by atoms with Crippen molar-refractivity contribution >= 4 is 5.97 Å². The van der Waals surface area contributed by atoms with E-state index in [9.17, 15) is 4.79 Å². The Hall–Kier alpha value is -1.31. The van der Waals surface area contributed by atoms with Crippen molar-refractivity contribution in [2.75, 3.05) is 0 Å². The molecule has 1 aromatic carbocycles. The van der Waals surface area contributed by atoms with Gasteiger partial charge in [-0.25, -0.2) is 0 Å². The molecule has 1 fully saturated rings. The highest BCUT2D eigenvalue weighted by molar-refractivity contribution is 5.70. The molecule has 2 rings (SSSR count). The molecule has 16 heavy (non-hydrogen) atoms. The summed E-state index contributed by atoms with van der Waals surface area (Å²) in [7, 11) is 0. The van der Waals surface area contributed by atoms with Gasteiger partial charge in [0.15, 0.2) is 0 Å². The first kappa shape index (κ1) is 12.8. The van der Waals surface area contributed by atoms with Crippen LogP contribution < -0.4 is 0 Å². The van der Waals surface area contributed by atoms with Crippen LogP contribution in [0, 0.1) is 6.92 Å². The van der Waals surface area contributed by atoms with E-state index in [1.165, 1.54) is 11.1 Å². The number of rotatable bonds is 3. The average Bonchev–Trinajstić information content (AvgIpc) is 3.01. The van der Waals surface area contributed by atoms with Gasteiger partial charge in [0.05, 0.1) is 6.42 Å².